The van der Waals surface area contributed by atoms with E-state index in [1.54, 1.807) is 29.9 Å². The van der Waals surface area contributed by atoms with E-state index in [2.05, 4.69) is 20.6 Å². The number of amides is 1. The molecule has 24 heavy (non-hydrogen) atoms. The van der Waals surface area contributed by atoms with Gasteiger partial charge >= 0.3 is 0 Å². The number of nitrogens with zero attached hydrogens (tertiary/aromatic N) is 4. The third-order valence-corrected chi connectivity index (χ3v) is 4.26. The Morgan fingerprint density at radius 3 is 2.92 bits per heavy atom. The molecule has 2 aromatic rings. The molecule has 0 aliphatic carbocycles. The van der Waals surface area contributed by atoms with Crippen molar-refractivity contribution in [2.24, 2.45) is 12.2 Å². The van der Waals surface area contributed by atoms with Crippen LogP contribution < -0.4 is 5.32 Å². The average Bonchev–Trinajstić information content (AvgIpc) is 2.90. The molecular formula is C14H15Cl2N5O2S. The van der Waals surface area contributed by atoms with Crippen LogP contribution >= 0.6 is 35.0 Å². The lowest BCUT2D eigenvalue weighted by Gasteiger charge is -2.01. The fourth-order valence-electron chi connectivity index (χ4n) is 1.69. The summed E-state index contributed by atoms with van der Waals surface area (Å²) < 4.78 is 1.59. The van der Waals surface area contributed by atoms with Crippen LogP contribution in [0.15, 0.2) is 28.5 Å². The molecule has 128 valence electrons. The molecule has 1 amide bonds. The van der Waals surface area contributed by atoms with Gasteiger partial charge in [-0.3, -0.25) is 10.1 Å². The van der Waals surface area contributed by atoms with E-state index in [-0.39, 0.29) is 24.9 Å². The summed E-state index contributed by atoms with van der Waals surface area (Å²) in [5, 5.41) is 12.0. The molecule has 7 nitrogen and oxygen atoms in total. The maximum atomic E-state index is 11.8. The predicted octanol–water partition coefficient (Wildman–Crippen LogP) is 3.38. The summed E-state index contributed by atoms with van der Waals surface area (Å²) in [5.74, 6) is -0.0212. The Kier molecular flexibility index (Phi) is 6.89. The number of carbonyl (C=O) groups excluding carboxylic acids is 1. The quantitative estimate of drug-likeness (QED) is 0.447. The molecule has 10 heteroatoms. The van der Waals surface area contributed by atoms with Gasteiger partial charge in [0, 0.05) is 7.05 Å². The first-order valence-electron chi connectivity index (χ1n) is 6.82. The van der Waals surface area contributed by atoms with E-state index in [1.165, 1.54) is 18.0 Å². The number of carbonyl (C=O) groups is 1. The van der Waals surface area contributed by atoms with Gasteiger partial charge in [0.25, 0.3) is 0 Å². The number of hydrogen-bond donors (Lipinski definition) is 1. The van der Waals surface area contributed by atoms with Crippen LogP contribution in [0.1, 0.15) is 12.0 Å². The van der Waals surface area contributed by atoms with Crippen LogP contribution in [0.4, 0.5) is 5.95 Å². The van der Waals surface area contributed by atoms with E-state index < -0.39 is 0 Å². The van der Waals surface area contributed by atoms with E-state index in [0.717, 1.165) is 5.56 Å². The number of rotatable bonds is 7. The van der Waals surface area contributed by atoms with Crippen molar-refractivity contribution in [2.45, 2.75) is 18.2 Å². The Balaban J connectivity index is 1.74. The SMILES string of the molecule is CSc1nc(NC(=O)CC=NOCc2ccc(Cl)c(Cl)c2)nn1C. The highest BCUT2D eigenvalue weighted by molar-refractivity contribution is 7.98. The highest BCUT2D eigenvalue weighted by Crippen LogP contribution is 2.22. The number of aromatic nitrogens is 3. The van der Waals surface area contributed by atoms with E-state index in [0.29, 0.717) is 15.2 Å². The van der Waals surface area contributed by atoms with Gasteiger partial charge in [0.15, 0.2) is 5.16 Å². The zero-order chi connectivity index (χ0) is 17.5. The molecule has 0 aliphatic rings. The Bertz CT molecular complexity index is 751. The lowest BCUT2D eigenvalue weighted by atomic mass is 10.2. The summed E-state index contributed by atoms with van der Waals surface area (Å²) in [4.78, 5) is 21.0. The van der Waals surface area contributed by atoms with Gasteiger partial charge in [-0.1, -0.05) is 46.2 Å². The molecule has 0 aliphatic heterocycles. The summed E-state index contributed by atoms with van der Waals surface area (Å²) in [7, 11) is 1.76. The average molecular weight is 388 g/mol. The second kappa shape index (κ2) is 8.91. The van der Waals surface area contributed by atoms with Crippen molar-refractivity contribution in [2.75, 3.05) is 11.6 Å². The van der Waals surface area contributed by atoms with E-state index in [4.69, 9.17) is 28.0 Å². The summed E-state index contributed by atoms with van der Waals surface area (Å²) in [6.07, 6.45) is 3.30. The highest BCUT2D eigenvalue weighted by Gasteiger charge is 2.08. The third kappa shape index (κ3) is 5.40. The molecule has 0 spiro atoms. The van der Waals surface area contributed by atoms with E-state index in [1.807, 2.05) is 6.26 Å². The van der Waals surface area contributed by atoms with Crippen molar-refractivity contribution in [3.05, 3.63) is 33.8 Å². The molecule has 2 rings (SSSR count). The van der Waals surface area contributed by atoms with Gasteiger partial charge in [-0.25, -0.2) is 4.68 Å². The Morgan fingerprint density at radius 2 is 2.25 bits per heavy atom. The molecule has 1 aromatic carbocycles. The van der Waals surface area contributed by atoms with Crippen LogP contribution in [-0.4, -0.2) is 33.1 Å². The molecular weight excluding hydrogens is 373 g/mol. The number of nitrogens with one attached hydrogen (secondary N) is 1. The number of hydrogen-bond acceptors (Lipinski definition) is 6. The van der Waals surface area contributed by atoms with Crippen LogP contribution in [0.5, 0.6) is 0 Å². The van der Waals surface area contributed by atoms with Gasteiger partial charge in [-0.2, -0.15) is 4.98 Å². The molecule has 0 radical (unpaired) electrons. The number of aryl methyl sites for hydroxylation is 1. The molecule has 0 fully saturated rings. The number of benzene rings is 1. The highest BCUT2D eigenvalue weighted by atomic mass is 35.5. The number of oxime groups is 1. The maximum absolute atomic E-state index is 11.8. The lowest BCUT2D eigenvalue weighted by molar-refractivity contribution is -0.115. The zero-order valence-electron chi connectivity index (χ0n) is 13.0. The molecule has 1 aromatic heterocycles. The van der Waals surface area contributed by atoms with Gasteiger partial charge in [-0.05, 0) is 24.0 Å². The van der Waals surface area contributed by atoms with Crippen molar-refractivity contribution in [1.29, 1.82) is 0 Å². The van der Waals surface area contributed by atoms with Crippen molar-refractivity contribution >= 4 is 53.0 Å². The normalized spacial score (nSPS) is 11.0. The summed E-state index contributed by atoms with van der Waals surface area (Å²) in [5.41, 5.74) is 0.827. The van der Waals surface area contributed by atoms with Crippen LogP contribution in [0.3, 0.4) is 0 Å². The van der Waals surface area contributed by atoms with Crippen LogP contribution in [-0.2, 0) is 23.3 Å². The van der Waals surface area contributed by atoms with E-state index >= 15 is 0 Å². The van der Waals surface area contributed by atoms with E-state index in [9.17, 15) is 4.79 Å². The first kappa shape index (κ1) is 18.6. The molecule has 0 bridgehead atoms. The molecule has 0 saturated carbocycles. The first-order chi connectivity index (χ1) is 11.5. The van der Waals surface area contributed by atoms with Gasteiger partial charge in [0.05, 0.1) is 22.7 Å². The minimum atomic E-state index is -0.282. The number of anilines is 1. The first-order valence-corrected chi connectivity index (χ1v) is 8.80. The van der Waals surface area contributed by atoms with Gasteiger partial charge in [0.1, 0.15) is 6.61 Å². The smallest absolute Gasteiger partial charge is 0.249 e. The Labute approximate surface area is 153 Å². The van der Waals surface area contributed by atoms with Crippen LogP contribution in [0, 0.1) is 0 Å². The molecule has 0 atom stereocenters. The third-order valence-electron chi connectivity index (χ3n) is 2.80. The maximum Gasteiger partial charge on any atom is 0.249 e. The topological polar surface area (TPSA) is 81.4 Å². The second-order valence-corrected chi connectivity index (χ2v) is 6.20. The fourth-order valence-corrected chi connectivity index (χ4v) is 2.49. The van der Waals surface area contributed by atoms with Gasteiger partial charge in [0.2, 0.25) is 11.9 Å². The standard InChI is InChI=1S/C14H15Cl2N5O2S/c1-21-14(24-2)19-13(20-21)18-12(22)5-6-17-23-8-9-3-4-10(15)11(16)7-9/h3-4,6-7H,5,8H2,1-2H3,(H,18,20,22). The second-order valence-electron chi connectivity index (χ2n) is 4.61. The van der Waals surface area contributed by atoms with Crippen LogP contribution in [0.2, 0.25) is 10.0 Å². The Hall–Kier alpha value is -1.77. The summed E-state index contributed by atoms with van der Waals surface area (Å²) in [6.45, 7) is 0.230. The van der Waals surface area contributed by atoms with Crippen molar-refractivity contribution in [3.8, 4) is 0 Å². The number of thioether (sulfide) groups is 1. The molecule has 1 N–H and O–H groups in total. The van der Waals surface area contributed by atoms with Crippen molar-refractivity contribution in [3.63, 3.8) is 0 Å². The van der Waals surface area contributed by atoms with Crippen molar-refractivity contribution < 1.29 is 9.63 Å². The minimum Gasteiger partial charge on any atom is -0.391 e. The zero-order valence-corrected chi connectivity index (χ0v) is 15.3. The Morgan fingerprint density at radius 1 is 1.46 bits per heavy atom. The van der Waals surface area contributed by atoms with Gasteiger partial charge < -0.3 is 4.84 Å². The van der Waals surface area contributed by atoms with Gasteiger partial charge in [-0.15, -0.1) is 5.10 Å². The van der Waals surface area contributed by atoms with Crippen molar-refractivity contribution in [1.82, 2.24) is 14.8 Å². The molecule has 0 saturated heterocycles. The minimum absolute atomic E-state index is 0.0498. The fraction of sp³-hybridized carbons (Fsp3) is 0.286. The number of halogens is 2. The summed E-state index contributed by atoms with van der Waals surface area (Å²) >= 11 is 13.2. The predicted molar refractivity (Wildman–Crippen MR) is 95.8 cm³/mol. The molecule has 1 heterocycles. The summed E-state index contributed by atoms with van der Waals surface area (Å²) in [6, 6.07) is 5.16. The lowest BCUT2D eigenvalue weighted by Crippen LogP contribution is -2.13. The van der Waals surface area contributed by atoms with Crippen LogP contribution in [0.25, 0.3) is 0 Å². The monoisotopic (exact) mass is 387 g/mol. The molecule has 0 unspecified atom stereocenters. The largest absolute Gasteiger partial charge is 0.391 e.